The molecule has 0 fully saturated rings. The standard InChI is InChI=1S/C27H25N3O2S2/c1-19-8-6-7-9-21(19)18-33-27-29-17-24(34-23-10-4-3-5-11-23)25(30-27)26(31)28-16-20-12-14-22(32-2)15-13-20/h3-15,17H,16,18H2,1-2H3,(H,28,31). The van der Waals surface area contributed by atoms with E-state index in [2.05, 4.69) is 34.3 Å². The van der Waals surface area contributed by atoms with Gasteiger partial charge in [-0.2, -0.15) is 0 Å². The zero-order valence-electron chi connectivity index (χ0n) is 19.0. The summed E-state index contributed by atoms with van der Waals surface area (Å²) in [6.07, 6.45) is 1.74. The molecule has 4 rings (SSSR count). The van der Waals surface area contributed by atoms with Crippen LogP contribution in [-0.2, 0) is 12.3 Å². The minimum absolute atomic E-state index is 0.227. The van der Waals surface area contributed by atoms with E-state index in [1.54, 1.807) is 13.3 Å². The molecule has 0 saturated heterocycles. The summed E-state index contributed by atoms with van der Waals surface area (Å²) in [5, 5.41) is 3.58. The van der Waals surface area contributed by atoms with E-state index in [0.717, 1.165) is 26.9 Å². The van der Waals surface area contributed by atoms with Gasteiger partial charge in [-0.3, -0.25) is 4.79 Å². The van der Waals surface area contributed by atoms with Crippen LogP contribution >= 0.6 is 23.5 Å². The van der Waals surface area contributed by atoms with Gasteiger partial charge in [-0.1, -0.05) is 78.1 Å². The predicted molar refractivity (Wildman–Crippen MR) is 138 cm³/mol. The quantitative estimate of drug-likeness (QED) is 0.225. The van der Waals surface area contributed by atoms with Gasteiger partial charge in [-0.25, -0.2) is 9.97 Å². The van der Waals surface area contributed by atoms with Crippen molar-refractivity contribution in [1.29, 1.82) is 0 Å². The van der Waals surface area contributed by atoms with Crippen molar-refractivity contribution in [3.05, 3.63) is 107 Å². The number of amides is 1. The van der Waals surface area contributed by atoms with Crippen LogP contribution in [0.25, 0.3) is 0 Å². The Kier molecular flexibility index (Phi) is 8.22. The van der Waals surface area contributed by atoms with Gasteiger partial charge in [0.15, 0.2) is 5.16 Å². The molecule has 34 heavy (non-hydrogen) atoms. The molecule has 4 aromatic rings. The fraction of sp³-hybridized carbons (Fsp3) is 0.148. The van der Waals surface area contributed by atoms with Crippen molar-refractivity contribution in [1.82, 2.24) is 15.3 Å². The monoisotopic (exact) mass is 487 g/mol. The van der Waals surface area contributed by atoms with E-state index in [1.165, 1.54) is 34.7 Å². The van der Waals surface area contributed by atoms with E-state index in [4.69, 9.17) is 4.74 Å². The van der Waals surface area contributed by atoms with Crippen LogP contribution < -0.4 is 10.1 Å². The average Bonchev–Trinajstić information content (AvgIpc) is 2.88. The molecule has 172 valence electrons. The van der Waals surface area contributed by atoms with Crippen LogP contribution in [0.2, 0.25) is 0 Å². The van der Waals surface area contributed by atoms with Crippen molar-refractivity contribution in [2.24, 2.45) is 0 Å². The first-order valence-electron chi connectivity index (χ1n) is 10.8. The SMILES string of the molecule is COc1ccc(CNC(=O)c2nc(SCc3ccccc3C)ncc2Sc2ccccc2)cc1. The topological polar surface area (TPSA) is 64.1 Å². The summed E-state index contributed by atoms with van der Waals surface area (Å²) in [6.45, 7) is 2.49. The molecule has 0 spiro atoms. The normalized spacial score (nSPS) is 10.6. The second-order valence-electron chi connectivity index (χ2n) is 7.53. The van der Waals surface area contributed by atoms with Gasteiger partial charge in [0.25, 0.3) is 5.91 Å². The van der Waals surface area contributed by atoms with Crippen LogP contribution in [0.3, 0.4) is 0 Å². The lowest BCUT2D eigenvalue weighted by Crippen LogP contribution is -2.25. The van der Waals surface area contributed by atoms with Crippen molar-refractivity contribution in [3.63, 3.8) is 0 Å². The molecule has 5 nitrogen and oxygen atoms in total. The molecule has 0 bridgehead atoms. The summed E-state index contributed by atoms with van der Waals surface area (Å²) < 4.78 is 5.20. The number of methoxy groups -OCH3 is 1. The number of carbonyl (C=O) groups is 1. The molecular weight excluding hydrogens is 462 g/mol. The highest BCUT2D eigenvalue weighted by atomic mass is 32.2. The van der Waals surface area contributed by atoms with Gasteiger partial charge in [-0.15, -0.1) is 0 Å². The highest BCUT2D eigenvalue weighted by Crippen LogP contribution is 2.31. The summed E-state index contributed by atoms with van der Waals surface area (Å²) in [5.41, 5.74) is 3.81. The Morgan fingerprint density at radius 2 is 1.71 bits per heavy atom. The fourth-order valence-electron chi connectivity index (χ4n) is 3.20. The Morgan fingerprint density at radius 3 is 2.44 bits per heavy atom. The maximum Gasteiger partial charge on any atom is 0.271 e. The smallest absolute Gasteiger partial charge is 0.271 e. The van der Waals surface area contributed by atoms with Gasteiger partial charge in [0.1, 0.15) is 11.4 Å². The van der Waals surface area contributed by atoms with Gasteiger partial charge in [0, 0.05) is 23.4 Å². The molecule has 0 atom stereocenters. The first-order valence-corrected chi connectivity index (χ1v) is 12.6. The summed E-state index contributed by atoms with van der Waals surface area (Å²) in [4.78, 5) is 24.1. The van der Waals surface area contributed by atoms with Crippen molar-refractivity contribution >= 4 is 29.4 Å². The number of hydrogen-bond donors (Lipinski definition) is 1. The lowest BCUT2D eigenvalue weighted by molar-refractivity contribution is 0.0941. The summed E-state index contributed by atoms with van der Waals surface area (Å²) >= 11 is 3.01. The van der Waals surface area contributed by atoms with Crippen LogP contribution in [0.5, 0.6) is 5.75 Å². The molecule has 7 heteroatoms. The molecule has 3 aromatic carbocycles. The lowest BCUT2D eigenvalue weighted by atomic mass is 10.1. The van der Waals surface area contributed by atoms with Gasteiger partial charge >= 0.3 is 0 Å². The van der Waals surface area contributed by atoms with Crippen molar-refractivity contribution in [3.8, 4) is 5.75 Å². The van der Waals surface area contributed by atoms with Crippen LogP contribution in [0, 0.1) is 6.92 Å². The van der Waals surface area contributed by atoms with Crippen LogP contribution in [0.1, 0.15) is 27.2 Å². The molecule has 0 aliphatic rings. The highest BCUT2D eigenvalue weighted by molar-refractivity contribution is 7.99. The number of ether oxygens (including phenoxy) is 1. The highest BCUT2D eigenvalue weighted by Gasteiger charge is 2.17. The minimum Gasteiger partial charge on any atom is -0.497 e. The number of aromatic nitrogens is 2. The van der Waals surface area contributed by atoms with E-state index in [9.17, 15) is 4.79 Å². The Hall–Kier alpha value is -3.29. The molecular formula is C27H25N3O2S2. The largest absolute Gasteiger partial charge is 0.497 e. The number of nitrogens with one attached hydrogen (secondary N) is 1. The maximum absolute atomic E-state index is 13.2. The second-order valence-corrected chi connectivity index (χ2v) is 9.58. The molecule has 0 saturated carbocycles. The fourth-order valence-corrected chi connectivity index (χ4v) is 4.98. The zero-order chi connectivity index (χ0) is 23.8. The van der Waals surface area contributed by atoms with E-state index in [-0.39, 0.29) is 5.91 Å². The molecule has 1 amide bonds. The maximum atomic E-state index is 13.2. The van der Waals surface area contributed by atoms with Gasteiger partial charge in [-0.05, 0) is 47.9 Å². The third-order valence-corrected chi connectivity index (χ3v) is 7.09. The van der Waals surface area contributed by atoms with Crippen LogP contribution in [0.15, 0.2) is 100 Å². The minimum atomic E-state index is -0.227. The lowest BCUT2D eigenvalue weighted by Gasteiger charge is -2.11. The number of carbonyl (C=O) groups excluding carboxylic acids is 1. The summed E-state index contributed by atoms with van der Waals surface area (Å²) in [6, 6.07) is 25.8. The Bertz CT molecular complexity index is 1250. The van der Waals surface area contributed by atoms with Gasteiger partial charge < -0.3 is 10.1 Å². The number of aryl methyl sites for hydroxylation is 1. The van der Waals surface area contributed by atoms with Crippen LogP contribution in [0.4, 0.5) is 0 Å². The molecule has 0 unspecified atom stereocenters. The molecule has 0 aliphatic carbocycles. The molecule has 1 aromatic heterocycles. The number of benzene rings is 3. The van der Waals surface area contributed by atoms with Crippen LogP contribution in [-0.4, -0.2) is 23.0 Å². The van der Waals surface area contributed by atoms with E-state index in [0.29, 0.717) is 17.4 Å². The Morgan fingerprint density at radius 1 is 0.971 bits per heavy atom. The van der Waals surface area contributed by atoms with Crippen molar-refractivity contribution < 1.29 is 9.53 Å². The summed E-state index contributed by atoms with van der Waals surface area (Å²) in [7, 11) is 1.63. The molecule has 0 aliphatic heterocycles. The third-order valence-electron chi connectivity index (χ3n) is 5.15. The number of thioether (sulfide) groups is 1. The van der Waals surface area contributed by atoms with Gasteiger partial charge in [0.2, 0.25) is 0 Å². The number of nitrogens with zero attached hydrogens (tertiary/aromatic N) is 2. The van der Waals surface area contributed by atoms with Crippen molar-refractivity contribution in [2.45, 2.75) is 34.2 Å². The zero-order valence-corrected chi connectivity index (χ0v) is 20.7. The number of hydrogen-bond acceptors (Lipinski definition) is 6. The summed E-state index contributed by atoms with van der Waals surface area (Å²) in [5.74, 6) is 1.29. The Labute approximate surface area is 208 Å². The van der Waals surface area contributed by atoms with E-state index in [1.807, 2.05) is 66.7 Å². The van der Waals surface area contributed by atoms with Crippen molar-refractivity contribution in [2.75, 3.05) is 7.11 Å². The molecule has 1 heterocycles. The Balaban J connectivity index is 1.53. The average molecular weight is 488 g/mol. The molecule has 1 N–H and O–H groups in total. The number of rotatable bonds is 9. The predicted octanol–water partition coefficient (Wildman–Crippen LogP) is 6.17. The molecule has 0 radical (unpaired) electrons. The van der Waals surface area contributed by atoms with Gasteiger partial charge in [0.05, 0.1) is 12.0 Å². The first kappa shape index (κ1) is 23.9. The first-order chi connectivity index (χ1) is 16.6. The second kappa shape index (κ2) is 11.7. The third kappa shape index (κ3) is 6.40. The van der Waals surface area contributed by atoms with E-state index >= 15 is 0 Å². The van der Waals surface area contributed by atoms with E-state index < -0.39 is 0 Å².